The molecule has 2 nitrogen and oxygen atoms in total. The quantitative estimate of drug-likeness (QED) is 0.545. The lowest BCUT2D eigenvalue weighted by molar-refractivity contribution is 0.0943. The Kier molecular flexibility index (Phi) is 9.01. The van der Waals surface area contributed by atoms with Crippen molar-refractivity contribution in [1.29, 1.82) is 0 Å². The molecule has 1 aliphatic heterocycles. The molecule has 2 N–H and O–H groups in total. The number of allylic oxidation sites excluding steroid dienone is 7. The van der Waals surface area contributed by atoms with Gasteiger partial charge in [0.2, 0.25) is 0 Å². The summed E-state index contributed by atoms with van der Waals surface area (Å²) in [5.41, 5.74) is 0. The summed E-state index contributed by atoms with van der Waals surface area (Å²) in [4.78, 5) is 0. The van der Waals surface area contributed by atoms with Gasteiger partial charge in [-0.3, -0.25) is 0 Å². The molecule has 1 aliphatic rings. The molecule has 0 spiro atoms. The number of aliphatic hydroxyl groups excluding tert-OH is 1. The fraction of sp³-hybridized carbons (Fsp3) is 0.556. The van der Waals surface area contributed by atoms with E-state index in [-0.39, 0.29) is 12.1 Å². The predicted molar refractivity (Wildman–Crippen MR) is 87.7 cm³/mol. The van der Waals surface area contributed by atoms with Gasteiger partial charge in [-0.1, -0.05) is 55.5 Å². The molecule has 1 saturated heterocycles. The highest BCUT2D eigenvalue weighted by atomic mass is 16.3. The Labute approximate surface area is 124 Å². The van der Waals surface area contributed by atoms with Gasteiger partial charge in [-0.2, -0.15) is 0 Å². The highest BCUT2D eigenvalue weighted by Gasteiger charge is 2.22. The van der Waals surface area contributed by atoms with E-state index < -0.39 is 0 Å². The van der Waals surface area contributed by atoms with E-state index in [1.54, 1.807) is 0 Å². The zero-order valence-electron chi connectivity index (χ0n) is 12.8. The van der Waals surface area contributed by atoms with E-state index >= 15 is 0 Å². The molecule has 112 valence electrons. The van der Waals surface area contributed by atoms with Crippen molar-refractivity contribution < 1.29 is 5.11 Å². The summed E-state index contributed by atoms with van der Waals surface area (Å²) < 4.78 is 0. The first-order chi connectivity index (χ1) is 9.74. The van der Waals surface area contributed by atoms with Gasteiger partial charge in [0.15, 0.2) is 0 Å². The average Bonchev–Trinajstić information content (AvgIpc) is 2.45. The minimum atomic E-state index is -0.191. The molecule has 2 heteroatoms. The lowest BCUT2D eigenvalue weighted by Gasteiger charge is -2.31. The van der Waals surface area contributed by atoms with E-state index in [9.17, 15) is 5.11 Å². The Hall–Kier alpha value is -1.12. The highest BCUT2D eigenvalue weighted by Crippen LogP contribution is 2.14. The molecule has 3 atom stereocenters. The van der Waals surface area contributed by atoms with E-state index in [2.05, 4.69) is 60.8 Å². The fourth-order valence-electron chi connectivity index (χ4n) is 2.24. The van der Waals surface area contributed by atoms with Crippen LogP contribution >= 0.6 is 0 Å². The molecule has 1 heterocycles. The Morgan fingerprint density at radius 3 is 2.30 bits per heavy atom. The molecule has 0 saturated carbocycles. The van der Waals surface area contributed by atoms with Crippen LogP contribution in [0.5, 0.6) is 0 Å². The summed E-state index contributed by atoms with van der Waals surface area (Å²) in [6.07, 6.45) is 22.2. The van der Waals surface area contributed by atoms with Crippen LogP contribution in [0.25, 0.3) is 0 Å². The van der Waals surface area contributed by atoms with Crippen molar-refractivity contribution in [2.24, 2.45) is 0 Å². The van der Waals surface area contributed by atoms with Gasteiger partial charge in [0.1, 0.15) is 0 Å². The zero-order chi connectivity index (χ0) is 14.6. The summed E-state index contributed by atoms with van der Waals surface area (Å²) in [5, 5.41) is 13.0. The van der Waals surface area contributed by atoms with Gasteiger partial charge >= 0.3 is 0 Å². The third-order valence-electron chi connectivity index (χ3n) is 3.54. The first kappa shape index (κ1) is 16.9. The van der Waals surface area contributed by atoms with Crippen molar-refractivity contribution in [1.82, 2.24) is 5.32 Å². The zero-order valence-corrected chi connectivity index (χ0v) is 12.8. The molecule has 20 heavy (non-hydrogen) atoms. The smallest absolute Gasteiger partial charge is 0.0691 e. The Morgan fingerprint density at radius 1 is 1.00 bits per heavy atom. The Morgan fingerprint density at radius 2 is 1.65 bits per heavy atom. The summed E-state index contributed by atoms with van der Waals surface area (Å²) in [7, 11) is 0. The highest BCUT2D eigenvalue weighted by molar-refractivity contribution is 5.08. The topological polar surface area (TPSA) is 32.3 Å². The number of hydrogen-bond donors (Lipinski definition) is 2. The number of aliphatic hydroxyl groups is 1. The van der Waals surface area contributed by atoms with Crippen LogP contribution in [0.3, 0.4) is 0 Å². The normalized spacial score (nSPS) is 28.4. The van der Waals surface area contributed by atoms with Crippen molar-refractivity contribution in [2.45, 2.75) is 64.1 Å². The SMILES string of the molecule is CC/C=C/C=C/CC/C=C/C=C/[C@@H]1CC[C@@H](O)[C@H](C)N1. The molecule has 0 bridgehead atoms. The van der Waals surface area contributed by atoms with Gasteiger partial charge in [0.25, 0.3) is 0 Å². The van der Waals surface area contributed by atoms with Crippen LogP contribution in [-0.2, 0) is 0 Å². The summed E-state index contributed by atoms with van der Waals surface area (Å²) >= 11 is 0. The van der Waals surface area contributed by atoms with Gasteiger partial charge in [0, 0.05) is 12.1 Å². The third kappa shape index (κ3) is 7.46. The third-order valence-corrected chi connectivity index (χ3v) is 3.54. The lowest BCUT2D eigenvalue weighted by atomic mass is 9.96. The molecular formula is C18H29NO. The Balaban J connectivity index is 2.13. The van der Waals surface area contributed by atoms with Crippen LogP contribution in [-0.4, -0.2) is 23.3 Å². The van der Waals surface area contributed by atoms with Crippen molar-refractivity contribution in [3.8, 4) is 0 Å². The molecule has 0 radical (unpaired) electrons. The first-order valence-corrected chi connectivity index (χ1v) is 7.83. The van der Waals surface area contributed by atoms with E-state index in [1.807, 2.05) is 6.92 Å². The van der Waals surface area contributed by atoms with E-state index in [1.165, 1.54) is 0 Å². The molecule has 0 unspecified atom stereocenters. The van der Waals surface area contributed by atoms with Crippen LogP contribution in [0, 0.1) is 0 Å². The maximum atomic E-state index is 9.63. The van der Waals surface area contributed by atoms with Crippen molar-refractivity contribution >= 4 is 0 Å². The van der Waals surface area contributed by atoms with Gasteiger partial charge < -0.3 is 10.4 Å². The van der Waals surface area contributed by atoms with Crippen LogP contribution in [0.15, 0.2) is 48.6 Å². The van der Waals surface area contributed by atoms with Crippen LogP contribution in [0.2, 0.25) is 0 Å². The van der Waals surface area contributed by atoms with E-state index in [0.717, 1.165) is 32.1 Å². The standard InChI is InChI=1S/C18H29NO/c1-3-4-5-6-7-8-9-10-11-12-13-17-14-15-18(20)16(2)19-17/h4-7,10-13,16-20H,3,8-9,14-15H2,1-2H3/b5-4+,7-6+,11-10+,13-12+/t16-,17+,18+/m0/s1. The molecule has 0 aromatic rings. The van der Waals surface area contributed by atoms with E-state index in [0.29, 0.717) is 6.04 Å². The maximum Gasteiger partial charge on any atom is 0.0691 e. The molecule has 1 fully saturated rings. The van der Waals surface area contributed by atoms with Crippen LogP contribution in [0.1, 0.15) is 46.0 Å². The van der Waals surface area contributed by atoms with Crippen molar-refractivity contribution in [3.63, 3.8) is 0 Å². The fourth-order valence-corrected chi connectivity index (χ4v) is 2.24. The molecule has 0 amide bonds. The summed E-state index contributed by atoms with van der Waals surface area (Å²) in [5.74, 6) is 0. The van der Waals surface area contributed by atoms with Crippen LogP contribution < -0.4 is 5.32 Å². The van der Waals surface area contributed by atoms with Gasteiger partial charge in [-0.05, 0) is 39.0 Å². The lowest BCUT2D eigenvalue weighted by Crippen LogP contribution is -2.47. The maximum absolute atomic E-state index is 9.63. The van der Waals surface area contributed by atoms with E-state index in [4.69, 9.17) is 0 Å². The number of rotatable bonds is 7. The molecule has 0 aromatic carbocycles. The van der Waals surface area contributed by atoms with Crippen molar-refractivity contribution in [2.75, 3.05) is 0 Å². The molecular weight excluding hydrogens is 246 g/mol. The number of hydrogen-bond acceptors (Lipinski definition) is 2. The van der Waals surface area contributed by atoms with Gasteiger partial charge in [0.05, 0.1) is 6.10 Å². The molecule has 1 rings (SSSR count). The van der Waals surface area contributed by atoms with Gasteiger partial charge in [-0.25, -0.2) is 0 Å². The first-order valence-electron chi connectivity index (χ1n) is 7.83. The minimum absolute atomic E-state index is 0.191. The second-order valence-electron chi connectivity index (χ2n) is 5.36. The molecule has 0 aromatic heterocycles. The second kappa shape index (κ2) is 10.6. The largest absolute Gasteiger partial charge is 0.392 e. The Bertz CT molecular complexity index is 354. The minimum Gasteiger partial charge on any atom is -0.392 e. The number of unbranched alkanes of at least 4 members (excludes halogenated alkanes) is 1. The second-order valence-corrected chi connectivity index (χ2v) is 5.36. The predicted octanol–water partition coefficient (Wildman–Crippen LogP) is 3.90. The van der Waals surface area contributed by atoms with Crippen LogP contribution in [0.4, 0.5) is 0 Å². The van der Waals surface area contributed by atoms with Crippen molar-refractivity contribution in [3.05, 3.63) is 48.6 Å². The average molecular weight is 275 g/mol. The molecule has 0 aliphatic carbocycles. The van der Waals surface area contributed by atoms with Gasteiger partial charge in [-0.15, -0.1) is 0 Å². The summed E-state index contributed by atoms with van der Waals surface area (Å²) in [6, 6.07) is 0.598. The monoisotopic (exact) mass is 275 g/mol. The number of piperidine rings is 1. The summed E-state index contributed by atoms with van der Waals surface area (Å²) in [6.45, 7) is 4.18. The number of nitrogens with one attached hydrogen (secondary N) is 1.